The fourth-order valence-electron chi connectivity index (χ4n) is 1.33. The summed E-state index contributed by atoms with van der Waals surface area (Å²) in [5.41, 5.74) is 0.393. The summed E-state index contributed by atoms with van der Waals surface area (Å²) in [6.45, 7) is 7.43. The molecular formula is C9H16O. The molecule has 0 spiro atoms. The van der Waals surface area contributed by atoms with Gasteiger partial charge in [-0.05, 0) is 18.8 Å². The first-order valence-electron chi connectivity index (χ1n) is 3.88. The Labute approximate surface area is 63.1 Å². The molecule has 0 aromatic rings. The molecular weight excluding hydrogens is 124 g/mol. The summed E-state index contributed by atoms with van der Waals surface area (Å²) in [5.74, 6) is 0. The van der Waals surface area contributed by atoms with Crippen LogP contribution in [0.15, 0.2) is 12.2 Å². The second-order valence-corrected chi connectivity index (χ2v) is 3.74. The number of ether oxygens (including phenoxy) is 1. The van der Waals surface area contributed by atoms with Crippen LogP contribution in [0.2, 0.25) is 0 Å². The van der Waals surface area contributed by atoms with Crippen LogP contribution in [-0.2, 0) is 4.74 Å². The standard InChI is InChI=1S/C9H16O/c1-4-5-8-6-9(2,3)7-10-8/h4-5,8H,6-7H2,1-3H3/b5-4+. The van der Waals surface area contributed by atoms with Crippen LogP contribution < -0.4 is 0 Å². The molecule has 1 saturated heterocycles. The smallest absolute Gasteiger partial charge is 0.0761 e. The first-order chi connectivity index (χ1) is 4.64. The lowest BCUT2D eigenvalue weighted by Gasteiger charge is -2.12. The first-order valence-corrected chi connectivity index (χ1v) is 3.88. The Kier molecular flexibility index (Phi) is 2.14. The minimum absolute atomic E-state index is 0.375. The van der Waals surface area contributed by atoms with Gasteiger partial charge in [-0.3, -0.25) is 0 Å². The molecule has 0 bridgehead atoms. The summed E-state index contributed by atoms with van der Waals surface area (Å²) in [6.07, 6.45) is 5.73. The van der Waals surface area contributed by atoms with E-state index < -0.39 is 0 Å². The Morgan fingerprint density at radius 1 is 1.50 bits per heavy atom. The van der Waals surface area contributed by atoms with Gasteiger partial charge in [0.25, 0.3) is 0 Å². The van der Waals surface area contributed by atoms with Gasteiger partial charge in [0.2, 0.25) is 0 Å². The van der Waals surface area contributed by atoms with Gasteiger partial charge in [-0.15, -0.1) is 0 Å². The monoisotopic (exact) mass is 140 g/mol. The van der Waals surface area contributed by atoms with Crippen molar-refractivity contribution in [1.29, 1.82) is 0 Å². The third-order valence-electron chi connectivity index (χ3n) is 1.85. The highest BCUT2D eigenvalue weighted by atomic mass is 16.5. The van der Waals surface area contributed by atoms with Gasteiger partial charge in [-0.2, -0.15) is 0 Å². The largest absolute Gasteiger partial charge is 0.374 e. The number of allylic oxidation sites excluding steroid dienone is 1. The van der Waals surface area contributed by atoms with Crippen molar-refractivity contribution in [1.82, 2.24) is 0 Å². The van der Waals surface area contributed by atoms with Crippen molar-refractivity contribution in [3.8, 4) is 0 Å². The molecule has 1 aliphatic rings. The third kappa shape index (κ3) is 1.84. The van der Waals surface area contributed by atoms with E-state index in [0.717, 1.165) is 13.0 Å². The molecule has 1 atom stereocenters. The summed E-state index contributed by atoms with van der Waals surface area (Å²) < 4.78 is 5.52. The van der Waals surface area contributed by atoms with E-state index in [4.69, 9.17) is 4.74 Å². The zero-order valence-electron chi connectivity index (χ0n) is 7.05. The minimum Gasteiger partial charge on any atom is -0.374 e. The molecule has 0 amide bonds. The maximum absolute atomic E-state index is 5.52. The molecule has 58 valence electrons. The lowest BCUT2D eigenvalue weighted by atomic mass is 9.91. The van der Waals surface area contributed by atoms with Crippen LogP contribution in [0, 0.1) is 5.41 Å². The van der Waals surface area contributed by atoms with Crippen molar-refractivity contribution in [2.75, 3.05) is 6.61 Å². The van der Waals surface area contributed by atoms with Gasteiger partial charge in [-0.1, -0.05) is 26.0 Å². The maximum Gasteiger partial charge on any atom is 0.0761 e. The van der Waals surface area contributed by atoms with Crippen molar-refractivity contribution in [3.05, 3.63) is 12.2 Å². The Hall–Kier alpha value is -0.300. The van der Waals surface area contributed by atoms with E-state index in [1.165, 1.54) is 0 Å². The highest BCUT2D eigenvalue weighted by Gasteiger charge is 2.29. The fourth-order valence-corrected chi connectivity index (χ4v) is 1.33. The van der Waals surface area contributed by atoms with Crippen molar-refractivity contribution in [2.24, 2.45) is 5.41 Å². The number of hydrogen-bond acceptors (Lipinski definition) is 1. The van der Waals surface area contributed by atoms with E-state index in [2.05, 4.69) is 26.0 Å². The Morgan fingerprint density at radius 3 is 2.60 bits per heavy atom. The summed E-state index contributed by atoms with van der Waals surface area (Å²) in [6, 6.07) is 0. The maximum atomic E-state index is 5.52. The summed E-state index contributed by atoms with van der Waals surface area (Å²) in [5, 5.41) is 0. The number of hydrogen-bond donors (Lipinski definition) is 0. The zero-order valence-corrected chi connectivity index (χ0v) is 7.05. The van der Waals surface area contributed by atoms with Gasteiger partial charge in [0.15, 0.2) is 0 Å². The Bertz CT molecular complexity index is 136. The van der Waals surface area contributed by atoms with Gasteiger partial charge < -0.3 is 4.74 Å². The van der Waals surface area contributed by atoms with Crippen molar-refractivity contribution in [3.63, 3.8) is 0 Å². The molecule has 0 aliphatic carbocycles. The SMILES string of the molecule is C/C=C/C1CC(C)(C)CO1. The molecule has 0 saturated carbocycles. The van der Waals surface area contributed by atoms with E-state index in [9.17, 15) is 0 Å². The van der Waals surface area contributed by atoms with Crippen LogP contribution in [-0.4, -0.2) is 12.7 Å². The fraction of sp³-hybridized carbons (Fsp3) is 0.778. The lowest BCUT2D eigenvalue weighted by Crippen LogP contribution is -2.09. The molecule has 1 heterocycles. The highest BCUT2D eigenvalue weighted by molar-refractivity contribution is 4.94. The van der Waals surface area contributed by atoms with Crippen LogP contribution in [0.4, 0.5) is 0 Å². The molecule has 1 heteroatoms. The predicted octanol–water partition coefficient (Wildman–Crippen LogP) is 2.38. The van der Waals surface area contributed by atoms with Crippen LogP contribution >= 0.6 is 0 Å². The van der Waals surface area contributed by atoms with E-state index in [-0.39, 0.29) is 0 Å². The van der Waals surface area contributed by atoms with Gasteiger partial charge in [0.1, 0.15) is 0 Å². The molecule has 0 N–H and O–H groups in total. The molecule has 1 rings (SSSR count). The molecule has 0 radical (unpaired) electrons. The van der Waals surface area contributed by atoms with E-state index >= 15 is 0 Å². The summed E-state index contributed by atoms with van der Waals surface area (Å²) in [4.78, 5) is 0. The second-order valence-electron chi connectivity index (χ2n) is 3.74. The lowest BCUT2D eigenvalue weighted by molar-refractivity contribution is 0.128. The van der Waals surface area contributed by atoms with Crippen LogP contribution in [0.5, 0.6) is 0 Å². The minimum atomic E-state index is 0.375. The second kappa shape index (κ2) is 2.75. The predicted molar refractivity (Wildman–Crippen MR) is 43.0 cm³/mol. The first kappa shape index (κ1) is 7.80. The summed E-state index contributed by atoms with van der Waals surface area (Å²) >= 11 is 0. The highest BCUT2D eigenvalue weighted by Crippen LogP contribution is 2.31. The van der Waals surface area contributed by atoms with E-state index in [1.54, 1.807) is 0 Å². The molecule has 1 fully saturated rings. The number of rotatable bonds is 1. The van der Waals surface area contributed by atoms with Gasteiger partial charge in [0.05, 0.1) is 12.7 Å². The Morgan fingerprint density at radius 2 is 2.20 bits per heavy atom. The molecule has 1 nitrogen and oxygen atoms in total. The van der Waals surface area contributed by atoms with E-state index in [0.29, 0.717) is 11.5 Å². The third-order valence-corrected chi connectivity index (χ3v) is 1.85. The van der Waals surface area contributed by atoms with E-state index in [1.807, 2.05) is 6.92 Å². The topological polar surface area (TPSA) is 9.23 Å². The average molecular weight is 140 g/mol. The molecule has 0 aromatic carbocycles. The van der Waals surface area contributed by atoms with Crippen molar-refractivity contribution < 1.29 is 4.74 Å². The van der Waals surface area contributed by atoms with Crippen molar-refractivity contribution >= 4 is 0 Å². The summed E-state index contributed by atoms with van der Waals surface area (Å²) in [7, 11) is 0. The normalized spacial score (nSPS) is 31.7. The average Bonchev–Trinajstić information content (AvgIpc) is 2.12. The van der Waals surface area contributed by atoms with Gasteiger partial charge in [0, 0.05) is 0 Å². The Balaban J connectivity index is 2.43. The van der Waals surface area contributed by atoms with Crippen LogP contribution in [0.3, 0.4) is 0 Å². The van der Waals surface area contributed by atoms with Gasteiger partial charge in [-0.25, -0.2) is 0 Å². The van der Waals surface area contributed by atoms with Crippen LogP contribution in [0.25, 0.3) is 0 Å². The molecule has 10 heavy (non-hydrogen) atoms. The van der Waals surface area contributed by atoms with Crippen LogP contribution in [0.1, 0.15) is 27.2 Å². The van der Waals surface area contributed by atoms with Crippen molar-refractivity contribution in [2.45, 2.75) is 33.3 Å². The molecule has 1 aliphatic heterocycles. The molecule has 1 unspecified atom stereocenters. The molecule has 0 aromatic heterocycles. The van der Waals surface area contributed by atoms with Gasteiger partial charge >= 0.3 is 0 Å². The quantitative estimate of drug-likeness (QED) is 0.508. The zero-order chi connectivity index (χ0) is 7.61.